The Morgan fingerprint density at radius 1 is 1.92 bits per heavy atom. The fourth-order valence-corrected chi connectivity index (χ4v) is 0.891. The van der Waals surface area contributed by atoms with E-state index in [0.29, 0.717) is 0 Å². The summed E-state index contributed by atoms with van der Waals surface area (Å²) in [5, 5.41) is 0. The largest absolute Gasteiger partial charge is 0.306 e. The molecule has 3 nitrogen and oxygen atoms in total. The minimum Gasteiger partial charge on any atom is -0.306 e. The zero-order valence-electron chi connectivity index (χ0n) is 6.87. The van der Waals surface area contributed by atoms with Crippen LogP contribution in [0.15, 0.2) is 23.3 Å². The lowest BCUT2D eigenvalue weighted by Crippen LogP contribution is -1.93. The van der Waals surface area contributed by atoms with Crippen LogP contribution in [0.1, 0.15) is 12.7 Å². The van der Waals surface area contributed by atoms with E-state index in [1.54, 1.807) is 17.0 Å². The van der Waals surface area contributed by atoms with Crippen molar-refractivity contribution in [2.24, 2.45) is 4.99 Å². The summed E-state index contributed by atoms with van der Waals surface area (Å²) in [5.41, 5.74) is 0. The Morgan fingerprint density at radius 3 is 3.25 bits per heavy atom. The fourth-order valence-electron chi connectivity index (χ4n) is 0.891. The molecule has 0 N–H and O–H groups in total. The minimum absolute atomic E-state index is 0.609. The molecule has 0 bridgehead atoms. The van der Waals surface area contributed by atoms with Gasteiger partial charge in [0.25, 0.3) is 0 Å². The van der Waals surface area contributed by atoms with Crippen LogP contribution in [0.2, 0.25) is 0 Å². The molecule has 0 aromatic carbocycles. The summed E-state index contributed by atoms with van der Waals surface area (Å²) in [6.07, 6.45) is 5.29. The van der Waals surface area contributed by atoms with Crippen LogP contribution in [0.3, 0.4) is 0 Å². The topological polar surface area (TPSA) is 30.2 Å². The first-order valence-electron chi connectivity index (χ1n) is 3.63. The molecular weight excluding hydrogens is 157 g/mol. The van der Waals surface area contributed by atoms with Crippen LogP contribution in [-0.4, -0.2) is 16.3 Å². The van der Waals surface area contributed by atoms with E-state index in [9.17, 15) is 4.39 Å². The van der Waals surface area contributed by atoms with Gasteiger partial charge in [-0.3, -0.25) is 0 Å². The molecular formula is C8H10FN3. The molecule has 12 heavy (non-hydrogen) atoms. The number of imidazole rings is 1. The van der Waals surface area contributed by atoms with Crippen molar-refractivity contribution < 1.29 is 4.39 Å². The van der Waals surface area contributed by atoms with Gasteiger partial charge in [0.15, 0.2) is 0 Å². The summed E-state index contributed by atoms with van der Waals surface area (Å²) in [7, 11) is 0. The number of aryl methyl sites for hydroxylation is 1. The molecule has 0 aliphatic carbocycles. The quantitative estimate of drug-likeness (QED) is 0.499. The van der Waals surface area contributed by atoms with E-state index in [2.05, 4.69) is 16.7 Å². The summed E-state index contributed by atoms with van der Waals surface area (Å²) >= 11 is 0. The zero-order chi connectivity index (χ0) is 8.97. The molecule has 0 radical (unpaired) electrons. The number of aromatic nitrogens is 2. The van der Waals surface area contributed by atoms with Crippen molar-refractivity contribution >= 4 is 12.9 Å². The Balaban J connectivity index is 2.94. The average Bonchev–Trinajstić information content (AvgIpc) is 2.51. The summed E-state index contributed by atoms with van der Waals surface area (Å²) < 4.78 is 14.2. The molecule has 0 saturated carbocycles. The highest BCUT2D eigenvalue weighted by atomic mass is 19.1. The highest BCUT2D eigenvalue weighted by Crippen LogP contribution is 2.04. The lowest BCUT2D eigenvalue weighted by atomic mass is 10.4. The molecule has 0 spiro atoms. The Bertz CT molecular complexity index is 301. The van der Waals surface area contributed by atoms with E-state index >= 15 is 0 Å². The highest BCUT2D eigenvalue weighted by Gasteiger charge is 1.97. The number of hydrogen-bond acceptors (Lipinski definition) is 2. The molecule has 1 heterocycles. The number of rotatable bonds is 3. The van der Waals surface area contributed by atoms with Gasteiger partial charge in [0.05, 0.1) is 6.20 Å². The molecule has 4 heteroatoms. The van der Waals surface area contributed by atoms with Crippen molar-refractivity contribution in [1.29, 1.82) is 0 Å². The second-order valence-electron chi connectivity index (χ2n) is 2.21. The van der Waals surface area contributed by atoms with Gasteiger partial charge in [-0.1, -0.05) is 6.92 Å². The Morgan fingerprint density at radius 2 is 2.67 bits per heavy atom. The molecule has 0 aliphatic rings. The maximum Gasteiger partial charge on any atom is 0.229 e. The summed E-state index contributed by atoms with van der Waals surface area (Å²) in [6.45, 7) is 5.02. The van der Waals surface area contributed by atoms with Crippen molar-refractivity contribution in [3.63, 3.8) is 0 Å². The van der Waals surface area contributed by atoms with Crippen LogP contribution >= 0.6 is 0 Å². The van der Waals surface area contributed by atoms with Gasteiger partial charge in [-0.25, -0.2) is 9.98 Å². The second-order valence-corrected chi connectivity index (χ2v) is 2.21. The first-order valence-corrected chi connectivity index (χ1v) is 3.63. The fraction of sp³-hybridized carbons (Fsp3) is 0.250. The molecule has 64 valence electrons. The van der Waals surface area contributed by atoms with Gasteiger partial charge in [-0.2, -0.15) is 4.39 Å². The van der Waals surface area contributed by atoms with Crippen molar-refractivity contribution in [2.75, 3.05) is 0 Å². The van der Waals surface area contributed by atoms with Crippen molar-refractivity contribution in [2.45, 2.75) is 13.3 Å². The summed E-state index contributed by atoms with van der Waals surface area (Å²) in [5.74, 6) is 0.191. The van der Waals surface area contributed by atoms with Gasteiger partial charge < -0.3 is 4.57 Å². The Kier molecular flexibility index (Phi) is 2.74. The van der Waals surface area contributed by atoms with Gasteiger partial charge in [-0.15, -0.1) is 0 Å². The molecule has 0 unspecified atom stereocenters. The van der Waals surface area contributed by atoms with Crippen LogP contribution in [0.25, 0.3) is 6.20 Å². The molecule has 1 rings (SSSR count). The van der Waals surface area contributed by atoms with Crippen LogP contribution in [-0.2, 0) is 6.42 Å². The number of hydrogen-bond donors (Lipinski definition) is 0. The normalized spacial score (nSPS) is 11.7. The molecule has 0 aliphatic heterocycles. The molecule has 0 atom stereocenters. The van der Waals surface area contributed by atoms with E-state index in [-0.39, 0.29) is 0 Å². The molecule has 0 fully saturated rings. The third kappa shape index (κ3) is 1.78. The Hall–Kier alpha value is -1.45. The Labute approximate surface area is 70.3 Å². The van der Waals surface area contributed by atoms with E-state index in [1.807, 2.05) is 6.92 Å². The van der Waals surface area contributed by atoms with Crippen molar-refractivity contribution in [3.8, 4) is 0 Å². The predicted molar refractivity (Wildman–Crippen MR) is 46.5 cm³/mol. The molecule has 0 saturated heterocycles. The summed E-state index contributed by atoms with van der Waals surface area (Å²) in [4.78, 5) is 7.15. The monoisotopic (exact) mass is 167 g/mol. The van der Waals surface area contributed by atoms with Gasteiger partial charge in [0, 0.05) is 18.8 Å². The second kappa shape index (κ2) is 3.80. The smallest absolute Gasteiger partial charge is 0.229 e. The maximum atomic E-state index is 12.6. The zero-order valence-corrected chi connectivity index (χ0v) is 6.87. The van der Waals surface area contributed by atoms with Crippen LogP contribution in [0.4, 0.5) is 4.39 Å². The number of aliphatic imine (C=N–C) groups is 1. The highest BCUT2D eigenvalue weighted by molar-refractivity contribution is 5.35. The van der Waals surface area contributed by atoms with Gasteiger partial charge >= 0.3 is 0 Å². The van der Waals surface area contributed by atoms with Crippen molar-refractivity contribution in [3.05, 3.63) is 24.2 Å². The van der Waals surface area contributed by atoms with Crippen LogP contribution < -0.4 is 0 Å². The predicted octanol–water partition coefficient (Wildman–Crippen LogP) is 1.87. The third-order valence-electron chi connectivity index (χ3n) is 1.46. The van der Waals surface area contributed by atoms with Gasteiger partial charge in [0.1, 0.15) is 5.82 Å². The first kappa shape index (κ1) is 8.64. The first-order chi connectivity index (χ1) is 5.77. The van der Waals surface area contributed by atoms with Gasteiger partial charge in [0.2, 0.25) is 5.95 Å². The van der Waals surface area contributed by atoms with E-state index < -0.39 is 5.95 Å². The summed E-state index contributed by atoms with van der Waals surface area (Å²) in [6, 6.07) is 0. The molecule has 1 aromatic heterocycles. The average molecular weight is 167 g/mol. The van der Waals surface area contributed by atoms with Crippen LogP contribution in [0, 0.1) is 0 Å². The number of halogens is 1. The standard InChI is InChI=1S/C8H10FN3/c1-3-8-11-4-5-12(8)6-7(9)10-2/h4-6H,2-3H2,1H3/b7-6-. The molecule has 1 aromatic rings. The maximum absolute atomic E-state index is 12.6. The van der Waals surface area contributed by atoms with E-state index in [4.69, 9.17) is 0 Å². The number of nitrogens with zero attached hydrogens (tertiary/aromatic N) is 3. The van der Waals surface area contributed by atoms with E-state index in [1.165, 1.54) is 6.20 Å². The minimum atomic E-state index is -0.609. The van der Waals surface area contributed by atoms with E-state index in [0.717, 1.165) is 12.2 Å². The third-order valence-corrected chi connectivity index (χ3v) is 1.46. The lowest BCUT2D eigenvalue weighted by molar-refractivity contribution is 0.631. The SMILES string of the molecule is C=N/C(F)=C\n1ccnc1CC. The molecule has 0 amide bonds. The lowest BCUT2D eigenvalue weighted by Gasteiger charge is -1.97. The van der Waals surface area contributed by atoms with Crippen LogP contribution in [0.5, 0.6) is 0 Å². The van der Waals surface area contributed by atoms with Crippen molar-refractivity contribution in [1.82, 2.24) is 9.55 Å². The van der Waals surface area contributed by atoms with Gasteiger partial charge in [-0.05, 0) is 6.72 Å².